The number of carboxylic acid groups (broad SMARTS) is 1. The molecule has 0 atom stereocenters. The summed E-state index contributed by atoms with van der Waals surface area (Å²) < 4.78 is 48.8. The summed E-state index contributed by atoms with van der Waals surface area (Å²) >= 11 is 0. The molecule has 0 heterocycles. The highest BCUT2D eigenvalue weighted by molar-refractivity contribution is 7.90. The monoisotopic (exact) mass is 335 g/mol. The number of carboxylic acids is 1. The van der Waals surface area contributed by atoms with E-state index in [9.17, 15) is 21.6 Å². The van der Waals surface area contributed by atoms with Crippen molar-refractivity contribution < 1.29 is 26.7 Å². The lowest BCUT2D eigenvalue weighted by atomic mass is 9.95. The van der Waals surface area contributed by atoms with Gasteiger partial charge in [0.25, 0.3) is 0 Å². The molecule has 0 fully saturated rings. The van der Waals surface area contributed by atoms with Crippen LogP contribution < -0.4 is 4.72 Å². The first-order chi connectivity index (χ1) is 9.36. The maximum atomic E-state index is 12.0. The highest BCUT2D eigenvalue weighted by Gasteiger charge is 2.29. The summed E-state index contributed by atoms with van der Waals surface area (Å²) in [7, 11) is -7.30. The minimum absolute atomic E-state index is 0.00677. The van der Waals surface area contributed by atoms with Crippen molar-refractivity contribution in [3.8, 4) is 0 Å². The summed E-state index contributed by atoms with van der Waals surface area (Å²) in [4.78, 5) is 10.8. The van der Waals surface area contributed by atoms with Gasteiger partial charge in [-0.3, -0.25) is 4.79 Å². The molecule has 2 N–H and O–H groups in total. The zero-order chi connectivity index (χ0) is 16.5. The van der Waals surface area contributed by atoms with Crippen molar-refractivity contribution in [2.45, 2.75) is 23.6 Å². The van der Waals surface area contributed by atoms with E-state index in [1.54, 1.807) is 0 Å². The fraction of sp³-hybridized carbons (Fsp3) is 0.417. The molecule has 0 aliphatic rings. The van der Waals surface area contributed by atoms with Crippen LogP contribution in [0.25, 0.3) is 0 Å². The average Bonchev–Trinajstić information content (AvgIpc) is 2.36. The second-order valence-corrected chi connectivity index (χ2v) is 9.04. The van der Waals surface area contributed by atoms with Crippen LogP contribution in [0, 0.1) is 5.41 Å². The summed E-state index contributed by atoms with van der Waals surface area (Å²) in [6.07, 6.45) is 1.02. The Bertz CT molecular complexity index is 732. The zero-order valence-electron chi connectivity index (χ0n) is 11.8. The minimum atomic E-state index is -3.90. The minimum Gasteiger partial charge on any atom is -0.481 e. The molecular formula is C12H17NO6S2. The third kappa shape index (κ3) is 4.51. The predicted octanol–water partition coefficient (Wildman–Crippen LogP) is 0.479. The van der Waals surface area contributed by atoms with Gasteiger partial charge in [-0.2, -0.15) is 0 Å². The smallest absolute Gasteiger partial charge is 0.310 e. The number of aliphatic carboxylic acids is 1. The largest absolute Gasteiger partial charge is 0.481 e. The van der Waals surface area contributed by atoms with Crippen LogP contribution in [0.4, 0.5) is 0 Å². The molecule has 0 radical (unpaired) electrons. The molecule has 1 aromatic carbocycles. The fourth-order valence-corrected chi connectivity index (χ4v) is 3.14. The highest BCUT2D eigenvalue weighted by atomic mass is 32.2. The van der Waals surface area contributed by atoms with Crippen molar-refractivity contribution in [1.82, 2.24) is 4.72 Å². The van der Waals surface area contributed by atoms with E-state index < -0.39 is 31.2 Å². The van der Waals surface area contributed by atoms with Crippen LogP contribution in [0.15, 0.2) is 34.1 Å². The Morgan fingerprint density at radius 2 is 1.52 bits per heavy atom. The topological polar surface area (TPSA) is 118 Å². The molecule has 0 spiro atoms. The number of sulfone groups is 1. The first-order valence-electron chi connectivity index (χ1n) is 5.89. The third-order valence-electron chi connectivity index (χ3n) is 2.85. The first kappa shape index (κ1) is 17.6. The Morgan fingerprint density at radius 1 is 1.10 bits per heavy atom. The Morgan fingerprint density at radius 3 is 1.90 bits per heavy atom. The van der Waals surface area contributed by atoms with Crippen molar-refractivity contribution >= 4 is 25.8 Å². The van der Waals surface area contributed by atoms with Crippen molar-refractivity contribution in [1.29, 1.82) is 0 Å². The molecule has 1 aromatic rings. The van der Waals surface area contributed by atoms with E-state index in [0.717, 1.165) is 18.4 Å². The molecule has 0 amide bonds. The normalized spacial score (nSPS) is 13.1. The van der Waals surface area contributed by atoms with Crippen LogP contribution >= 0.6 is 0 Å². The van der Waals surface area contributed by atoms with Crippen molar-refractivity contribution in [2.75, 3.05) is 12.8 Å². The van der Waals surface area contributed by atoms with Crippen LogP contribution in [0.2, 0.25) is 0 Å². The summed E-state index contributed by atoms with van der Waals surface area (Å²) in [5.41, 5.74) is -1.25. The van der Waals surface area contributed by atoms with Gasteiger partial charge in [0.1, 0.15) is 0 Å². The van der Waals surface area contributed by atoms with Gasteiger partial charge in [0.15, 0.2) is 9.84 Å². The fourth-order valence-electron chi connectivity index (χ4n) is 1.30. The Labute approximate surface area is 124 Å². The van der Waals surface area contributed by atoms with Crippen molar-refractivity contribution in [3.63, 3.8) is 0 Å². The quantitative estimate of drug-likeness (QED) is 0.781. The standard InChI is InChI=1S/C12H17NO6S2/c1-12(2,11(14)15)8-13-21(18,19)10-6-4-9(5-7-10)20(3,16)17/h4-7,13H,8H2,1-3H3,(H,14,15). The van der Waals surface area contributed by atoms with Gasteiger partial charge in [0.05, 0.1) is 15.2 Å². The van der Waals surface area contributed by atoms with E-state index in [4.69, 9.17) is 5.11 Å². The van der Waals surface area contributed by atoms with Crippen LogP contribution in [0.5, 0.6) is 0 Å². The van der Waals surface area contributed by atoms with Crippen LogP contribution in [-0.2, 0) is 24.7 Å². The highest BCUT2D eigenvalue weighted by Crippen LogP contribution is 2.17. The molecular weight excluding hydrogens is 318 g/mol. The summed E-state index contributed by atoms with van der Waals surface area (Å²) in [5, 5.41) is 8.93. The van der Waals surface area contributed by atoms with Gasteiger partial charge in [-0.1, -0.05) is 0 Å². The number of hydrogen-bond donors (Lipinski definition) is 2. The molecule has 0 saturated carbocycles. The number of benzene rings is 1. The maximum absolute atomic E-state index is 12.0. The van der Waals surface area contributed by atoms with Gasteiger partial charge in [-0.15, -0.1) is 0 Å². The Balaban J connectivity index is 2.97. The number of carbonyl (C=O) groups is 1. The van der Waals surface area contributed by atoms with Gasteiger partial charge in [-0.25, -0.2) is 21.6 Å². The lowest BCUT2D eigenvalue weighted by Gasteiger charge is -2.19. The summed E-state index contributed by atoms with van der Waals surface area (Å²) in [5.74, 6) is -1.13. The Kier molecular flexibility index (Phi) is 4.81. The van der Waals surface area contributed by atoms with Crippen LogP contribution in [0.1, 0.15) is 13.8 Å². The van der Waals surface area contributed by atoms with Crippen LogP contribution in [0.3, 0.4) is 0 Å². The summed E-state index contributed by atoms with van der Waals surface area (Å²) in [6.45, 7) is 2.51. The second kappa shape index (κ2) is 5.74. The lowest BCUT2D eigenvalue weighted by molar-refractivity contribution is -0.146. The molecule has 0 unspecified atom stereocenters. The molecule has 0 bridgehead atoms. The molecule has 118 valence electrons. The molecule has 1 rings (SSSR count). The second-order valence-electron chi connectivity index (χ2n) is 5.26. The molecule has 0 aliphatic heterocycles. The van der Waals surface area contributed by atoms with E-state index in [1.807, 2.05) is 0 Å². The van der Waals surface area contributed by atoms with Gasteiger partial charge in [-0.05, 0) is 38.1 Å². The lowest BCUT2D eigenvalue weighted by Crippen LogP contribution is -2.38. The number of hydrogen-bond acceptors (Lipinski definition) is 5. The van der Waals surface area contributed by atoms with Gasteiger partial charge in [0, 0.05) is 12.8 Å². The molecule has 21 heavy (non-hydrogen) atoms. The zero-order valence-corrected chi connectivity index (χ0v) is 13.5. The SMILES string of the molecule is CC(C)(CNS(=O)(=O)c1ccc(S(C)(=O)=O)cc1)C(=O)O. The molecule has 0 saturated heterocycles. The molecule has 0 aromatic heterocycles. The van der Waals surface area contributed by atoms with E-state index in [2.05, 4.69) is 4.72 Å². The average molecular weight is 335 g/mol. The Hall–Kier alpha value is -1.45. The number of nitrogens with one attached hydrogen (secondary N) is 1. The van der Waals surface area contributed by atoms with Gasteiger partial charge in [0.2, 0.25) is 10.0 Å². The number of rotatable bonds is 6. The van der Waals surface area contributed by atoms with E-state index >= 15 is 0 Å². The van der Waals surface area contributed by atoms with Crippen molar-refractivity contribution in [2.24, 2.45) is 5.41 Å². The van der Waals surface area contributed by atoms with Crippen molar-refractivity contribution in [3.05, 3.63) is 24.3 Å². The summed E-state index contributed by atoms with van der Waals surface area (Å²) in [6, 6.07) is 4.69. The molecule has 9 heteroatoms. The van der Waals surface area contributed by atoms with E-state index in [-0.39, 0.29) is 16.3 Å². The van der Waals surface area contributed by atoms with Crippen LogP contribution in [-0.4, -0.2) is 40.7 Å². The van der Waals surface area contributed by atoms with Gasteiger partial charge < -0.3 is 5.11 Å². The molecule has 0 aliphatic carbocycles. The number of sulfonamides is 1. The van der Waals surface area contributed by atoms with E-state index in [1.165, 1.54) is 26.0 Å². The third-order valence-corrected chi connectivity index (χ3v) is 5.39. The predicted molar refractivity (Wildman–Crippen MR) is 76.2 cm³/mol. The maximum Gasteiger partial charge on any atom is 0.310 e. The molecule has 7 nitrogen and oxygen atoms in total. The first-order valence-corrected chi connectivity index (χ1v) is 9.27. The van der Waals surface area contributed by atoms with E-state index in [0.29, 0.717) is 0 Å². The van der Waals surface area contributed by atoms with Gasteiger partial charge >= 0.3 is 5.97 Å².